The van der Waals surface area contributed by atoms with Crippen LogP contribution in [0.25, 0.3) is 16.9 Å². The Morgan fingerprint density at radius 2 is 1.82 bits per heavy atom. The van der Waals surface area contributed by atoms with Crippen molar-refractivity contribution < 1.29 is 22.8 Å². The molecule has 3 amide bonds. The third-order valence-electron chi connectivity index (χ3n) is 8.49. The van der Waals surface area contributed by atoms with Gasteiger partial charge in [-0.3, -0.25) is 18.9 Å². The van der Waals surface area contributed by atoms with Crippen molar-refractivity contribution in [3.8, 4) is 23.6 Å². The summed E-state index contributed by atoms with van der Waals surface area (Å²) >= 11 is 0. The Morgan fingerprint density at radius 1 is 1.07 bits per heavy atom. The predicted molar refractivity (Wildman–Crippen MR) is 160 cm³/mol. The van der Waals surface area contributed by atoms with Gasteiger partial charge in [0, 0.05) is 69.8 Å². The summed E-state index contributed by atoms with van der Waals surface area (Å²) in [5.41, 5.74) is 2.30. The van der Waals surface area contributed by atoms with E-state index in [1.807, 2.05) is 28.9 Å². The zero-order valence-corrected chi connectivity index (χ0v) is 25.1. The van der Waals surface area contributed by atoms with Crippen LogP contribution in [-0.2, 0) is 19.1 Å². The van der Waals surface area contributed by atoms with E-state index >= 15 is 0 Å². The van der Waals surface area contributed by atoms with E-state index in [0.29, 0.717) is 55.4 Å². The van der Waals surface area contributed by atoms with Crippen LogP contribution in [0.3, 0.4) is 0 Å². The number of terminal acetylenes is 1. The number of hydrogen-bond donors (Lipinski definition) is 0. The molecule has 3 aromatic heterocycles. The van der Waals surface area contributed by atoms with Gasteiger partial charge in [-0.1, -0.05) is 25.0 Å². The van der Waals surface area contributed by atoms with Gasteiger partial charge >= 0.3 is 12.2 Å². The van der Waals surface area contributed by atoms with E-state index in [-0.39, 0.29) is 29.7 Å². The van der Waals surface area contributed by atoms with Gasteiger partial charge in [0.15, 0.2) is 11.3 Å². The van der Waals surface area contributed by atoms with Gasteiger partial charge in [0.2, 0.25) is 0 Å². The first kappa shape index (κ1) is 30.2. The number of piperazine rings is 1. The van der Waals surface area contributed by atoms with Gasteiger partial charge in [-0.15, -0.1) is 6.42 Å². The van der Waals surface area contributed by atoms with Crippen LogP contribution in [0, 0.1) is 25.2 Å². The number of nitrogens with zero attached hydrogens (tertiary/aromatic N) is 8. The predicted octanol–water partition coefficient (Wildman–Crippen LogP) is 4.36. The molecule has 0 N–H and O–H groups in total. The summed E-state index contributed by atoms with van der Waals surface area (Å²) in [6.07, 6.45) is 7.72. The molecule has 10 nitrogen and oxygen atoms in total. The summed E-state index contributed by atoms with van der Waals surface area (Å²) in [4.78, 5) is 40.7. The second kappa shape index (κ2) is 11.9. The van der Waals surface area contributed by atoms with Gasteiger partial charge in [-0.05, 0) is 36.5 Å². The van der Waals surface area contributed by atoms with Crippen molar-refractivity contribution in [1.82, 2.24) is 38.8 Å². The normalized spacial score (nSPS) is 17.2. The van der Waals surface area contributed by atoms with Gasteiger partial charge in [0.05, 0.1) is 23.1 Å². The average Bonchev–Trinajstić information content (AvgIpc) is 3.75. The lowest BCUT2D eigenvalue weighted by Crippen LogP contribution is -2.53. The molecule has 234 valence electrons. The Morgan fingerprint density at radius 3 is 2.49 bits per heavy atom. The van der Waals surface area contributed by atoms with E-state index < -0.39 is 11.9 Å². The van der Waals surface area contributed by atoms with Crippen molar-refractivity contribution in [2.24, 2.45) is 5.92 Å². The summed E-state index contributed by atoms with van der Waals surface area (Å²) < 4.78 is 44.1. The summed E-state index contributed by atoms with van der Waals surface area (Å²) in [5.74, 6) is 2.75. The molecule has 1 atom stereocenters. The first-order valence-corrected chi connectivity index (χ1v) is 14.9. The molecule has 2 aliphatic heterocycles. The SMILES string of the molecule is C#CCn1cc(-c2cnc3c(Cc4ccc(C(=O)N5CCN(C(=O)N6CC[C@H](C)C6)CC5)c(C)c4)nccn23)c(C(F)(F)F)n1. The molecule has 1 aromatic carbocycles. The maximum atomic E-state index is 13.8. The number of hydrogen-bond acceptors (Lipinski definition) is 5. The Bertz CT molecular complexity index is 1800. The minimum atomic E-state index is -4.68. The number of aromatic nitrogens is 5. The van der Waals surface area contributed by atoms with Crippen LogP contribution in [0.4, 0.5) is 18.0 Å². The number of benzene rings is 1. The van der Waals surface area contributed by atoms with Crippen LogP contribution < -0.4 is 0 Å². The summed E-state index contributed by atoms with van der Waals surface area (Å²) in [6.45, 7) is 7.45. The van der Waals surface area contributed by atoms with Crippen LogP contribution in [0.2, 0.25) is 0 Å². The molecule has 5 heterocycles. The first-order chi connectivity index (χ1) is 21.5. The monoisotopic (exact) mass is 618 g/mol. The van der Waals surface area contributed by atoms with Gasteiger partial charge in [0.25, 0.3) is 5.91 Å². The van der Waals surface area contributed by atoms with Crippen LogP contribution in [0.5, 0.6) is 0 Å². The highest BCUT2D eigenvalue weighted by atomic mass is 19.4. The number of urea groups is 1. The number of carbonyl (C=O) groups is 2. The molecule has 2 aliphatic rings. The van der Waals surface area contributed by atoms with E-state index in [1.165, 1.54) is 18.6 Å². The van der Waals surface area contributed by atoms with E-state index in [4.69, 9.17) is 6.42 Å². The second-order valence-electron chi connectivity index (χ2n) is 11.7. The number of alkyl halides is 3. The standard InChI is InChI=1S/C32H33F3N8O2/c1-4-9-42-20-25(28(38-42)32(33,34)35)27-18-37-29-26(36-8-11-43(27)29)17-23-5-6-24(22(3)16-23)30(44)39-12-14-40(15-13-39)31(45)41-10-7-21(2)19-41/h1,5-6,8,11,16,18,20-21H,7,9-10,12-15,17,19H2,2-3H3/t21-/m0/s1. The van der Waals surface area contributed by atoms with E-state index in [0.717, 1.165) is 35.3 Å². The fourth-order valence-electron chi connectivity index (χ4n) is 6.14. The molecule has 4 aromatic rings. The number of halogens is 3. The maximum Gasteiger partial charge on any atom is 0.435 e. The summed E-state index contributed by atoms with van der Waals surface area (Å²) in [6, 6.07) is 5.63. The van der Waals surface area contributed by atoms with Crippen molar-refractivity contribution in [2.75, 3.05) is 39.3 Å². The highest BCUT2D eigenvalue weighted by Gasteiger charge is 2.38. The molecule has 45 heavy (non-hydrogen) atoms. The quantitative estimate of drug-likeness (QED) is 0.310. The fraction of sp³-hybridized carbons (Fsp3) is 0.406. The molecule has 13 heteroatoms. The Labute approximate surface area is 258 Å². The molecule has 0 bridgehead atoms. The average molecular weight is 619 g/mol. The number of rotatable bonds is 5. The Balaban J connectivity index is 1.17. The molecule has 6 rings (SSSR count). The smallest absolute Gasteiger partial charge is 0.335 e. The topological polar surface area (TPSA) is 91.9 Å². The molecule has 0 saturated carbocycles. The molecule has 0 aliphatic carbocycles. The van der Waals surface area contributed by atoms with Crippen LogP contribution in [0.15, 0.2) is 43.0 Å². The van der Waals surface area contributed by atoms with E-state index in [1.54, 1.807) is 21.6 Å². The van der Waals surface area contributed by atoms with Crippen LogP contribution in [0.1, 0.15) is 46.2 Å². The largest absolute Gasteiger partial charge is 0.435 e. The number of likely N-dealkylation sites (tertiary alicyclic amines) is 1. The van der Waals surface area contributed by atoms with Crippen molar-refractivity contribution in [3.63, 3.8) is 0 Å². The lowest BCUT2D eigenvalue weighted by molar-refractivity contribution is -0.141. The first-order valence-electron chi connectivity index (χ1n) is 14.9. The van der Waals surface area contributed by atoms with E-state index in [9.17, 15) is 22.8 Å². The number of carbonyl (C=O) groups excluding carboxylic acids is 2. The molecule has 0 spiro atoms. The highest BCUT2D eigenvalue weighted by molar-refractivity contribution is 5.96. The number of amides is 3. The summed E-state index contributed by atoms with van der Waals surface area (Å²) in [7, 11) is 0. The van der Waals surface area contributed by atoms with Gasteiger partial charge in [-0.2, -0.15) is 18.3 Å². The summed E-state index contributed by atoms with van der Waals surface area (Å²) in [5, 5.41) is 3.66. The molecule has 2 saturated heterocycles. The molecule has 0 radical (unpaired) electrons. The third kappa shape index (κ3) is 5.96. The second-order valence-corrected chi connectivity index (χ2v) is 11.7. The minimum Gasteiger partial charge on any atom is -0.335 e. The van der Waals surface area contributed by atoms with Crippen LogP contribution in [-0.4, -0.2) is 90.1 Å². The third-order valence-corrected chi connectivity index (χ3v) is 8.49. The zero-order chi connectivity index (χ0) is 31.9. The fourth-order valence-corrected chi connectivity index (χ4v) is 6.14. The van der Waals surface area contributed by atoms with Crippen molar-refractivity contribution >= 4 is 17.6 Å². The number of imidazole rings is 1. The van der Waals surface area contributed by atoms with Gasteiger partial charge < -0.3 is 14.7 Å². The van der Waals surface area contributed by atoms with Crippen molar-refractivity contribution in [1.29, 1.82) is 0 Å². The molecular weight excluding hydrogens is 585 g/mol. The Kier molecular flexibility index (Phi) is 7.99. The van der Waals surface area contributed by atoms with Crippen molar-refractivity contribution in [2.45, 2.75) is 39.4 Å². The maximum absolute atomic E-state index is 13.8. The zero-order valence-electron chi connectivity index (χ0n) is 25.1. The van der Waals surface area contributed by atoms with E-state index in [2.05, 4.69) is 27.9 Å². The molecular formula is C32H33F3N8O2. The number of fused-ring (bicyclic) bond motifs is 1. The molecule has 2 fully saturated rings. The van der Waals surface area contributed by atoms with Gasteiger partial charge in [0.1, 0.15) is 6.54 Å². The number of aryl methyl sites for hydroxylation is 1. The highest BCUT2D eigenvalue weighted by Crippen LogP contribution is 2.36. The minimum absolute atomic E-state index is 0.0555. The lowest BCUT2D eigenvalue weighted by atomic mass is 10.0. The van der Waals surface area contributed by atoms with Gasteiger partial charge in [-0.25, -0.2) is 9.78 Å². The lowest BCUT2D eigenvalue weighted by Gasteiger charge is -2.37. The molecule has 0 unspecified atom stereocenters. The van der Waals surface area contributed by atoms with Crippen molar-refractivity contribution in [3.05, 3.63) is 71.1 Å². The van der Waals surface area contributed by atoms with Crippen LogP contribution >= 0.6 is 0 Å². The Hall–Kier alpha value is -4.86.